The molecular formula is C16H16N4OS. The highest BCUT2D eigenvalue weighted by Crippen LogP contribution is 2.33. The number of benzene rings is 1. The molecule has 0 fully saturated rings. The second-order valence-electron chi connectivity index (χ2n) is 5.41. The van der Waals surface area contributed by atoms with E-state index in [0.29, 0.717) is 6.42 Å². The van der Waals surface area contributed by atoms with Crippen LogP contribution in [-0.2, 0) is 17.6 Å². The molecular weight excluding hydrogens is 296 g/mol. The van der Waals surface area contributed by atoms with Crippen molar-refractivity contribution >= 4 is 33.3 Å². The van der Waals surface area contributed by atoms with Crippen LogP contribution in [0, 0.1) is 0 Å². The molecule has 1 amide bonds. The van der Waals surface area contributed by atoms with Gasteiger partial charge in [0.25, 0.3) is 0 Å². The molecule has 0 saturated carbocycles. The molecule has 1 N–H and O–H groups in total. The average molecular weight is 312 g/mol. The summed E-state index contributed by atoms with van der Waals surface area (Å²) in [6.07, 6.45) is 3.51. The van der Waals surface area contributed by atoms with Gasteiger partial charge in [-0.05, 0) is 31.4 Å². The standard InChI is InChI=1S/C16H16N4OS/c1-2-14(21)18-15-10-6-5-8-11(10)19-20(15)16-17-12-7-3-4-9-13(12)22-16/h3-4,7,9H,2,5-6,8H2,1H3,(H,18,21). The summed E-state index contributed by atoms with van der Waals surface area (Å²) in [6.45, 7) is 1.86. The largest absolute Gasteiger partial charge is 0.310 e. The maximum Gasteiger partial charge on any atom is 0.225 e. The van der Waals surface area contributed by atoms with E-state index in [1.165, 1.54) is 5.56 Å². The molecule has 1 aliphatic carbocycles. The van der Waals surface area contributed by atoms with Gasteiger partial charge < -0.3 is 5.32 Å². The summed E-state index contributed by atoms with van der Waals surface area (Å²) in [7, 11) is 0. The Morgan fingerprint density at radius 1 is 1.36 bits per heavy atom. The minimum absolute atomic E-state index is 0.0111. The predicted molar refractivity (Wildman–Crippen MR) is 87.7 cm³/mol. The number of aryl methyl sites for hydroxylation is 1. The minimum Gasteiger partial charge on any atom is -0.310 e. The number of carbonyl (C=O) groups is 1. The Balaban J connectivity index is 1.85. The van der Waals surface area contributed by atoms with Crippen LogP contribution >= 0.6 is 11.3 Å². The highest BCUT2D eigenvalue weighted by molar-refractivity contribution is 7.20. The lowest BCUT2D eigenvalue weighted by Gasteiger charge is -2.07. The molecule has 3 aromatic rings. The van der Waals surface area contributed by atoms with Gasteiger partial charge in [-0.3, -0.25) is 4.79 Å². The van der Waals surface area contributed by atoms with Gasteiger partial charge in [-0.1, -0.05) is 30.4 Å². The quantitative estimate of drug-likeness (QED) is 0.807. The molecule has 6 heteroatoms. The molecule has 2 aromatic heterocycles. The van der Waals surface area contributed by atoms with Gasteiger partial charge in [0.15, 0.2) is 0 Å². The molecule has 0 atom stereocenters. The fraction of sp³-hybridized carbons (Fsp3) is 0.312. The van der Waals surface area contributed by atoms with Crippen LogP contribution < -0.4 is 5.32 Å². The van der Waals surface area contributed by atoms with Crippen molar-refractivity contribution in [2.45, 2.75) is 32.6 Å². The lowest BCUT2D eigenvalue weighted by molar-refractivity contribution is -0.115. The molecule has 22 heavy (non-hydrogen) atoms. The highest BCUT2D eigenvalue weighted by atomic mass is 32.1. The molecule has 1 aliphatic rings. The number of carbonyl (C=O) groups excluding carboxylic acids is 1. The summed E-state index contributed by atoms with van der Waals surface area (Å²) in [4.78, 5) is 16.5. The fourth-order valence-electron chi connectivity index (χ4n) is 2.83. The Hall–Kier alpha value is -2.21. The molecule has 0 aliphatic heterocycles. The second-order valence-corrected chi connectivity index (χ2v) is 6.41. The molecule has 4 rings (SSSR count). The number of anilines is 1. The number of fused-ring (bicyclic) bond motifs is 2. The Morgan fingerprint density at radius 3 is 3.05 bits per heavy atom. The maximum absolute atomic E-state index is 11.9. The van der Waals surface area contributed by atoms with Crippen molar-refractivity contribution in [1.29, 1.82) is 0 Å². The number of hydrogen-bond donors (Lipinski definition) is 1. The summed E-state index contributed by atoms with van der Waals surface area (Å²) in [5.41, 5.74) is 3.22. The van der Waals surface area contributed by atoms with Gasteiger partial charge in [0.1, 0.15) is 5.82 Å². The van der Waals surface area contributed by atoms with E-state index in [9.17, 15) is 4.79 Å². The summed E-state index contributed by atoms with van der Waals surface area (Å²) in [5.74, 6) is 0.815. The summed E-state index contributed by atoms with van der Waals surface area (Å²) < 4.78 is 2.93. The molecule has 0 radical (unpaired) electrons. The van der Waals surface area contributed by atoms with Crippen molar-refractivity contribution in [3.05, 3.63) is 35.5 Å². The second kappa shape index (κ2) is 5.21. The van der Waals surface area contributed by atoms with Gasteiger partial charge in [-0.15, -0.1) is 0 Å². The van der Waals surface area contributed by atoms with Gasteiger partial charge in [0.05, 0.1) is 15.9 Å². The molecule has 0 saturated heterocycles. The van der Waals surface area contributed by atoms with Gasteiger partial charge >= 0.3 is 0 Å². The molecule has 0 unspecified atom stereocenters. The van der Waals surface area contributed by atoms with Crippen molar-refractivity contribution in [3.63, 3.8) is 0 Å². The van der Waals surface area contributed by atoms with Crippen LogP contribution in [0.5, 0.6) is 0 Å². The molecule has 0 spiro atoms. The van der Waals surface area contributed by atoms with E-state index < -0.39 is 0 Å². The zero-order chi connectivity index (χ0) is 15.1. The van der Waals surface area contributed by atoms with E-state index in [2.05, 4.69) is 16.4 Å². The van der Waals surface area contributed by atoms with Crippen LogP contribution in [0.25, 0.3) is 15.3 Å². The number of nitrogens with zero attached hydrogens (tertiary/aromatic N) is 3. The topological polar surface area (TPSA) is 59.8 Å². The number of thiazole rings is 1. The summed E-state index contributed by atoms with van der Waals surface area (Å²) in [5, 5.41) is 8.51. The van der Waals surface area contributed by atoms with E-state index in [4.69, 9.17) is 5.10 Å². The highest BCUT2D eigenvalue weighted by Gasteiger charge is 2.25. The number of para-hydroxylation sites is 1. The number of amides is 1. The number of aromatic nitrogens is 3. The Bertz CT molecular complexity index is 831. The smallest absolute Gasteiger partial charge is 0.225 e. The minimum atomic E-state index is 0.0111. The van der Waals surface area contributed by atoms with Crippen LogP contribution in [-0.4, -0.2) is 20.7 Å². The van der Waals surface area contributed by atoms with Crippen LogP contribution in [0.4, 0.5) is 5.82 Å². The van der Waals surface area contributed by atoms with E-state index in [0.717, 1.165) is 46.1 Å². The normalized spacial score (nSPS) is 13.5. The van der Waals surface area contributed by atoms with Crippen LogP contribution in [0.2, 0.25) is 0 Å². The van der Waals surface area contributed by atoms with Gasteiger partial charge in [0, 0.05) is 12.0 Å². The molecule has 5 nitrogen and oxygen atoms in total. The third kappa shape index (κ3) is 2.11. The first-order valence-corrected chi connectivity index (χ1v) is 8.34. The van der Waals surface area contributed by atoms with E-state index in [-0.39, 0.29) is 5.91 Å². The van der Waals surface area contributed by atoms with Crippen molar-refractivity contribution in [3.8, 4) is 5.13 Å². The SMILES string of the molecule is CCC(=O)Nc1c2c(nn1-c1nc3ccccc3s1)CCC2. The van der Waals surface area contributed by atoms with E-state index in [1.54, 1.807) is 11.3 Å². The molecule has 1 aromatic carbocycles. The lowest BCUT2D eigenvalue weighted by Crippen LogP contribution is -2.14. The first-order valence-electron chi connectivity index (χ1n) is 7.53. The predicted octanol–water partition coefficient (Wildman–Crippen LogP) is 3.32. The Labute approximate surface area is 132 Å². The average Bonchev–Trinajstić information content (AvgIpc) is 3.21. The number of hydrogen-bond acceptors (Lipinski definition) is 4. The third-order valence-corrected chi connectivity index (χ3v) is 4.96. The van der Waals surface area contributed by atoms with Gasteiger partial charge in [-0.25, -0.2) is 4.98 Å². The zero-order valence-corrected chi connectivity index (χ0v) is 13.1. The van der Waals surface area contributed by atoms with Crippen molar-refractivity contribution in [1.82, 2.24) is 14.8 Å². The van der Waals surface area contributed by atoms with Crippen molar-refractivity contribution < 1.29 is 4.79 Å². The van der Waals surface area contributed by atoms with Gasteiger partial charge in [0.2, 0.25) is 11.0 Å². The fourth-order valence-corrected chi connectivity index (χ4v) is 3.75. The number of rotatable bonds is 3. The van der Waals surface area contributed by atoms with Crippen LogP contribution in [0.1, 0.15) is 31.0 Å². The molecule has 112 valence electrons. The Kier molecular flexibility index (Phi) is 3.18. The summed E-state index contributed by atoms with van der Waals surface area (Å²) in [6, 6.07) is 8.04. The first kappa shape index (κ1) is 13.5. The molecule has 2 heterocycles. The Morgan fingerprint density at radius 2 is 2.23 bits per heavy atom. The lowest BCUT2D eigenvalue weighted by atomic mass is 10.2. The monoisotopic (exact) mass is 312 g/mol. The van der Waals surface area contributed by atoms with Crippen molar-refractivity contribution in [2.24, 2.45) is 0 Å². The zero-order valence-electron chi connectivity index (χ0n) is 12.3. The van der Waals surface area contributed by atoms with Crippen LogP contribution in [0.3, 0.4) is 0 Å². The maximum atomic E-state index is 11.9. The van der Waals surface area contributed by atoms with Crippen LogP contribution in [0.15, 0.2) is 24.3 Å². The number of nitrogens with one attached hydrogen (secondary N) is 1. The van der Waals surface area contributed by atoms with Gasteiger partial charge in [-0.2, -0.15) is 9.78 Å². The third-order valence-electron chi connectivity index (χ3n) is 3.95. The van der Waals surface area contributed by atoms with E-state index in [1.807, 2.05) is 29.8 Å². The van der Waals surface area contributed by atoms with Crippen molar-refractivity contribution in [2.75, 3.05) is 5.32 Å². The summed E-state index contributed by atoms with van der Waals surface area (Å²) >= 11 is 1.59. The first-order chi connectivity index (χ1) is 10.8. The molecule has 0 bridgehead atoms. The van der Waals surface area contributed by atoms with E-state index >= 15 is 0 Å².